The van der Waals surface area contributed by atoms with E-state index >= 15 is 0 Å². The fourth-order valence-corrected chi connectivity index (χ4v) is 3.46. The first kappa shape index (κ1) is 15.7. The van der Waals surface area contributed by atoms with Crippen LogP contribution in [0.25, 0.3) is 0 Å². The Hall–Kier alpha value is 0.660. The third-order valence-corrected chi connectivity index (χ3v) is 4.89. The molecule has 0 aliphatic heterocycles. The van der Waals surface area contributed by atoms with Crippen molar-refractivity contribution in [2.45, 2.75) is 58.3 Å². The maximum Gasteiger partial charge on any atom is 0.0160 e. The van der Waals surface area contributed by atoms with Gasteiger partial charge in [0.05, 0.1) is 0 Å². The smallest absolute Gasteiger partial charge is 0.0160 e. The minimum absolute atomic E-state index is 0.815. The molecule has 0 unspecified atom stereocenters. The number of hydrogen-bond donors (Lipinski definition) is 1. The molecule has 0 heterocycles. The van der Waals surface area contributed by atoms with Crippen molar-refractivity contribution in [2.75, 3.05) is 18.1 Å². The summed E-state index contributed by atoms with van der Waals surface area (Å²) in [7, 11) is 3.91. The minimum Gasteiger partial charge on any atom is -0.330 e. The zero-order valence-corrected chi connectivity index (χ0v) is 11.8. The van der Waals surface area contributed by atoms with Gasteiger partial charge in [-0.1, -0.05) is 73.5 Å². The van der Waals surface area contributed by atoms with E-state index < -0.39 is 0 Å². The highest BCUT2D eigenvalue weighted by molar-refractivity contribution is 8.76. The van der Waals surface area contributed by atoms with Gasteiger partial charge in [-0.2, -0.15) is 0 Å². The Morgan fingerprint density at radius 2 is 1.27 bits per heavy atom. The standard InChI is InChI=1S/C12H27NS2/c1-2-3-4-5-6-7-8-9-11-14-15-12-10-13/h2-13H2,1H3. The van der Waals surface area contributed by atoms with Crippen molar-refractivity contribution >= 4 is 21.6 Å². The van der Waals surface area contributed by atoms with Crippen LogP contribution in [0.4, 0.5) is 0 Å². The van der Waals surface area contributed by atoms with E-state index in [1.54, 1.807) is 0 Å². The van der Waals surface area contributed by atoms with Crippen molar-refractivity contribution in [1.82, 2.24) is 0 Å². The van der Waals surface area contributed by atoms with Crippen LogP contribution in [0, 0.1) is 0 Å². The third kappa shape index (κ3) is 14.7. The van der Waals surface area contributed by atoms with E-state index in [2.05, 4.69) is 6.92 Å². The molecule has 0 bridgehead atoms. The Balaban J connectivity index is 2.81. The molecule has 0 radical (unpaired) electrons. The highest BCUT2D eigenvalue weighted by Gasteiger charge is 1.92. The minimum atomic E-state index is 0.815. The van der Waals surface area contributed by atoms with Gasteiger partial charge in [0.1, 0.15) is 0 Å². The summed E-state index contributed by atoms with van der Waals surface area (Å²) in [5, 5.41) is 0. The molecule has 0 spiro atoms. The second kappa shape index (κ2) is 14.7. The molecule has 3 heteroatoms. The molecule has 2 N–H and O–H groups in total. The van der Waals surface area contributed by atoms with Crippen LogP contribution in [0.15, 0.2) is 0 Å². The van der Waals surface area contributed by atoms with Gasteiger partial charge >= 0.3 is 0 Å². The fourth-order valence-electron chi connectivity index (χ4n) is 1.46. The van der Waals surface area contributed by atoms with Crippen molar-refractivity contribution in [3.8, 4) is 0 Å². The van der Waals surface area contributed by atoms with Crippen molar-refractivity contribution < 1.29 is 0 Å². The van der Waals surface area contributed by atoms with Gasteiger partial charge in [0.25, 0.3) is 0 Å². The molecule has 15 heavy (non-hydrogen) atoms. The molecular formula is C12H27NS2. The lowest BCUT2D eigenvalue weighted by atomic mass is 10.1. The van der Waals surface area contributed by atoms with Crippen LogP contribution in [-0.2, 0) is 0 Å². The van der Waals surface area contributed by atoms with E-state index in [1.807, 2.05) is 21.6 Å². The first-order chi connectivity index (χ1) is 7.41. The maximum atomic E-state index is 5.41. The van der Waals surface area contributed by atoms with Crippen LogP contribution in [0.3, 0.4) is 0 Å². The molecule has 0 saturated carbocycles. The third-order valence-electron chi connectivity index (χ3n) is 2.37. The topological polar surface area (TPSA) is 26.0 Å². The molecule has 0 rings (SSSR count). The summed E-state index contributed by atoms with van der Waals surface area (Å²) in [6.45, 7) is 3.09. The van der Waals surface area contributed by atoms with Gasteiger partial charge in [-0.25, -0.2) is 0 Å². The van der Waals surface area contributed by atoms with Crippen LogP contribution in [-0.4, -0.2) is 18.1 Å². The van der Waals surface area contributed by atoms with E-state index in [0.29, 0.717) is 0 Å². The highest BCUT2D eigenvalue weighted by atomic mass is 33.1. The second-order valence-electron chi connectivity index (χ2n) is 3.91. The summed E-state index contributed by atoms with van der Waals surface area (Å²) in [5.41, 5.74) is 5.41. The lowest BCUT2D eigenvalue weighted by molar-refractivity contribution is 0.586. The predicted octanol–water partition coefficient (Wildman–Crippen LogP) is 4.47. The molecule has 92 valence electrons. The number of nitrogens with two attached hydrogens (primary N) is 1. The van der Waals surface area contributed by atoms with Crippen LogP contribution >= 0.6 is 21.6 Å². The summed E-state index contributed by atoms with van der Waals surface area (Å²) in [4.78, 5) is 0. The molecule has 0 atom stereocenters. The molecule has 1 nitrogen and oxygen atoms in total. The van der Waals surface area contributed by atoms with E-state index in [-0.39, 0.29) is 0 Å². The largest absolute Gasteiger partial charge is 0.330 e. The quantitative estimate of drug-likeness (QED) is 0.408. The molecule has 0 aliphatic carbocycles. The van der Waals surface area contributed by atoms with Gasteiger partial charge < -0.3 is 5.73 Å². The summed E-state index contributed by atoms with van der Waals surface area (Å²) >= 11 is 0. The van der Waals surface area contributed by atoms with Gasteiger partial charge in [-0.05, 0) is 6.42 Å². The molecule has 0 aromatic heterocycles. The van der Waals surface area contributed by atoms with Crippen LogP contribution in [0.1, 0.15) is 58.3 Å². The van der Waals surface area contributed by atoms with Gasteiger partial charge in [0, 0.05) is 18.1 Å². The fraction of sp³-hybridized carbons (Fsp3) is 1.00. The van der Waals surface area contributed by atoms with E-state index in [4.69, 9.17) is 5.73 Å². The second-order valence-corrected chi connectivity index (χ2v) is 6.61. The number of rotatable bonds is 12. The Morgan fingerprint density at radius 1 is 0.733 bits per heavy atom. The molecule has 0 amide bonds. The Morgan fingerprint density at radius 3 is 1.87 bits per heavy atom. The number of hydrogen-bond acceptors (Lipinski definition) is 3. The Labute approximate surface area is 104 Å². The van der Waals surface area contributed by atoms with Gasteiger partial charge in [0.15, 0.2) is 0 Å². The van der Waals surface area contributed by atoms with Crippen LogP contribution < -0.4 is 5.73 Å². The van der Waals surface area contributed by atoms with Crippen molar-refractivity contribution in [3.63, 3.8) is 0 Å². The average molecular weight is 249 g/mol. The zero-order chi connectivity index (χ0) is 11.2. The SMILES string of the molecule is CCCCCCCCCCSSCCN. The first-order valence-electron chi connectivity index (χ1n) is 6.36. The molecule has 0 aliphatic rings. The summed E-state index contributed by atoms with van der Waals surface area (Å²) in [6, 6.07) is 0. The molecule has 0 fully saturated rings. The maximum absolute atomic E-state index is 5.41. The summed E-state index contributed by atoms with van der Waals surface area (Å²) in [6.07, 6.45) is 11.4. The lowest BCUT2D eigenvalue weighted by Gasteiger charge is -2.01. The highest BCUT2D eigenvalue weighted by Crippen LogP contribution is 2.22. The van der Waals surface area contributed by atoms with Crippen molar-refractivity contribution in [1.29, 1.82) is 0 Å². The van der Waals surface area contributed by atoms with Crippen molar-refractivity contribution in [2.24, 2.45) is 5.73 Å². The summed E-state index contributed by atoms with van der Waals surface area (Å²) < 4.78 is 0. The molecule has 0 aromatic carbocycles. The normalized spacial score (nSPS) is 10.8. The van der Waals surface area contributed by atoms with E-state index in [9.17, 15) is 0 Å². The first-order valence-corrected chi connectivity index (χ1v) is 8.85. The van der Waals surface area contributed by atoms with Crippen LogP contribution in [0.2, 0.25) is 0 Å². The van der Waals surface area contributed by atoms with E-state index in [1.165, 1.54) is 57.1 Å². The monoisotopic (exact) mass is 249 g/mol. The average Bonchev–Trinajstić information content (AvgIpc) is 2.26. The lowest BCUT2D eigenvalue weighted by Crippen LogP contribution is -1.99. The number of unbranched alkanes of at least 4 members (excludes halogenated alkanes) is 7. The predicted molar refractivity (Wildman–Crippen MR) is 76.6 cm³/mol. The molecular weight excluding hydrogens is 222 g/mol. The van der Waals surface area contributed by atoms with Gasteiger partial charge in [-0.15, -0.1) is 0 Å². The van der Waals surface area contributed by atoms with Crippen LogP contribution in [0.5, 0.6) is 0 Å². The Kier molecular flexibility index (Phi) is 15.3. The van der Waals surface area contributed by atoms with E-state index in [0.717, 1.165) is 12.3 Å². The van der Waals surface area contributed by atoms with Crippen molar-refractivity contribution in [3.05, 3.63) is 0 Å². The van der Waals surface area contributed by atoms with Gasteiger partial charge in [-0.3, -0.25) is 0 Å². The molecule has 0 aromatic rings. The van der Waals surface area contributed by atoms with Gasteiger partial charge in [0.2, 0.25) is 0 Å². The molecule has 0 saturated heterocycles. The zero-order valence-electron chi connectivity index (χ0n) is 10.2. The Bertz CT molecular complexity index is 97.8. The summed E-state index contributed by atoms with van der Waals surface area (Å²) in [5.74, 6) is 2.40.